The number of aliphatic hydroxyl groups excluding tert-OH is 1. The molecule has 0 radical (unpaired) electrons. The van der Waals surface area contributed by atoms with Gasteiger partial charge < -0.3 is 19.5 Å². The molecule has 1 fully saturated rings. The second-order valence-corrected chi connectivity index (χ2v) is 8.00. The highest BCUT2D eigenvalue weighted by atomic mass is 35.5. The van der Waals surface area contributed by atoms with Crippen molar-refractivity contribution in [2.45, 2.75) is 26.0 Å². The van der Waals surface area contributed by atoms with Gasteiger partial charge in [-0.2, -0.15) is 0 Å². The number of Topliss-reactive ketones (excluding diaryl/α,β-unsaturated/α-hetero) is 1. The van der Waals surface area contributed by atoms with E-state index in [1.165, 1.54) is 24.1 Å². The first-order chi connectivity index (χ1) is 14.8. The topological polar surface area (TPSA) is 89.0 Å². The lowest BCUT2D eigenvalue weighted by Crippen LogP contribution is -2.33. The molecule has 0 saturated carbocycles. The van der Waals surface area contributed by atoms with Gasteiger partial charge in [0, 0.05) is 24.0 Å². The minimum absolute atomic E-state index is 0.0333. The van der Waals surface area contributed by atoms with E-state index in [0.29, 0.717) is 5.56 Å². The summed E-state index contributed by atoms with van der Waals surface area (Å²) in [4.78, 5) is 31.3. The van der Waals surface area contributed by atoms with Crippen LogP contribution in [0.15, 0.2) is 42.2 Å². The van der Waals surface area contributed by atoms with Crippen molar-refractivity contribution in [3.05, 3.63) is 63.4 Å². The molecule has 1 amide bonds. The third-order valence-corrected chi connectivity index (χ3v) is 5.31. The quantitative estimate of drug-likeness (QED) is 0.374. The number of aromatic nitrogens is 1. The summed E-state index contributed by atoms with van der Waals surface area (Å²) in [6.07, 6.45) is 3.07. The average molecular weight is 465 g/mol. The molecule has 2 aromatic rings. The summed E-state index contributed by atoms with van der Waals surface area (Å²) >= 11 is 12.3. The fourth-order valence-electron chi connectivity index (χ4n) is 3.48. The predicted octanol–water partition coefficient (Wildman–Crippen LogP) is 4.24. The highest BCUT2D eigenvalue weighted by molar-refractivity contribution is 6.46. The normalized spacial score (nSPS) is 18.1. The van der Waals surface area contributed by atoms with Gasteiger partial charge in [0.25, 0.3) is 11.7 Å². The zero-order chi connectivity index (χ0) is 22.7. The Balaban J connectivity index is 2.17. The molecule has 9 heteroatoms. The Labute approximate surface area is 190 Å². The van der Waals surface area contributed by atoms with Crippen LogP contribution in [-0.2, 0) is 14.3 Å². The van der Waals surface area contributed by atoms with Crippen molar-refractivity contribution in [3.63, 3.8) is 0 Å². The highest BCUT2D eigenvalue weighted by Gasteiger charge is 2.46. The van der Waals surface area contributed by atoms with Gasteiger partial charge in [0.1, 0.15) is 11.5 Å². The Morgan fingerprint density at radius 3 is 2.52 bits per heavy atom. The maximum atomic E-state index is 13.0. The van der Waals surface area contributed by atoms with Gasteiger partial charge in [0.2, 0.25) is 0 Å². The van der Waals surface area contributed by atoms with Crippen molar-refractivity contribution in [1.29, 1.82) is 0 Å². The Kier molecular flexibility index (Phi) is 7.20. The second kappa shape index (κ2) is 9.68. The van der Waals surface area contributed by atoms with Crippen LogP contribution in [0.1, 0.15) is 31.0 Å². The minimum atomic E-state index is -0.832. The molecule has 7 nitrogen and oxygen atoms in total. The van der Waals surface area contributed by atoms with E-state index in [4.69, 9.17) is 32.7 Å². The summed E-state index contributed by atoms with van der Waals surface area (Å²) in [6.45, 7) is 4.16. The predicted molar refractivity (Wildman–Crippen MR) is 117 cm³/mol. The lowest BCUT2D eigenvalue weighted by molar-refractivity contribution is -0.140. The van der Waals surface area contributed by atoms with E-state index in [1.54, 1.807) is 24.5 Å². The summed E-state index contributed by atoms with van der Waals surface area (Å²) in [7, 11) is 1.38. The lowest BCUT2D eigenvalue weighted by Gasteiger charge is -2.25. The Bertz CT molecular complexity index is 1020. The zero-order valence-corrected chi connectivity index (χ0v) is 18.8. The summed E-state index contributed by atoms with van der Waals surface area (Å²) in [5, 5.41) is 11.6. The van der Waals surface area contributed by atoms with Crippen LogP contribution in [0, 0.1) is 0 Å². The number of nitrogens with zero attached hydrogens (tertiary/aromatic N) is 2. The first kappa shape index (κ1) is 23.1. The molecule has 0 aliphatic carbocycles. The average Bonchev–Trinajstić information content (AvgIpc) is 2.98. The summed E-state index contributed by atoms with van der Waals surface area (Å²) in [6, 6.07) is 5.42. The molecule has 1 N–H and O–H groups in total. The monoisotopic (exact) mass is 464 g/mol. The molecule has 2 heterocycles. The molecule has 1 aliphatic rings. The number of carbonyl (C=O) groups excluding carboxylic acids is 2. The van der Waals surface area contributed by atoms with Crippen LogP contribution < -0.4 is 4.74 Å². The number of hydrogen-bond donors (Lipinski definition) is 1. The zero-order valence-electron chi connectivity index (χ0n) is 17.3. The molecular weight excluding hydrogens is 443 g/mol. The van der Waals surface area contributed by atoms with E-state index < -0.39 is 23.5 Å². The number of likely N-dealkylation sites (tertiary alicyclic amines) is 1. The van der Waals surface area contributed by atoms with Crippen molar-refractivity contribution < 1.29 is 24.2 Å². The maximum Gasteiger partial charge on any atom is 0.295 e. The fourth-order valence-corrected chi connectivity index (χ4v) is 4.05. The number of ether oxygens (including phenoxy) is 2. The van der Waals surface area contributed by atoms with Crippen molar-refractivity contribution in [2.24, 2.45) is 0 Å². The van der Waals surface area contributed by atoms with Crippen LogP contribution in [0.2, 0.25) is 10.0 Å². The summed E-state index contributed by atoms with van der Waals surface area (Å²) in [5.74, 6) is -1.83. The molecule has 1 unspecified atom stereocenters. The van der Waals surface area contributed by atoms with Crippen LogP contribution in [0.25, 0.3) is 5.76 Å². The van der Waals surface area contributed by atoms with Crippen LogP contribution in [0.5, 0.6) is 5.75 Å². The van der Waals surface area contributed by atoms with Crippen LogP contribution in [-0.4, -0.2) is 53.0 Å². The number of rotatable bonds is 7. The molecule has 0 spiro atoms. The SMILES string of the molecule is COc1c(Cl)cc(Cl)cc1/C(O)=C1\C(=O)C(=O)N(CCOC(C)C)C1c1ccncc1. The van der Waals surface area contributed by atoms with E-state index in [1.807, 2.05) is 13.8 Å². The number of amides is 1. The number of halogens is 2. The minimum Gasteiger partial charge on any atom is -0.507 e. The Morgan fingerprint density at radius 2 is 1.90 bits per heavy atom. The number of hydrogen-bond acceptors (Lipinski definition) is 6. The Hall–Kier alpha value is -2.61. The third kappa shape index (κ3) is 4.69. The van der Waals surface area contributed by atoms with Crippen LogP contribution in [0.4, 0.5) is 0 Å². The van der Waals surface area contributed by atoms with Crippen LogP contribution in [0.3, 0.4) is 0 Å². The van der Waals surface area contributed by atoms with Crippen molar-refractivity contribution >= 4 is 40.7 Å². The van der Waals surface area contributed by atoms with E-state index in [0.717, 1.165) is 0 Å². The number of methoxy groups -OCH3 is 1. The van der Waals surface area contributed by atoms with E-state index in [9.17, 15) is 14.7 Å². The number of ketones is 1. The smallest absolute Gasteiger partial charge is 0.295 e. The van der Waals surface area contributed by atoms with E-state index in [2.05, 4.69) is 4.98 Å². The third-order valence-electron chi connectivity index (χ3n) is 4.81. The number of carbonyl (C=O) groups is 2. The summed E-state index contributed by atoms with van der Waals surface area (Å²) in [5.41, 5.74) is 0.653. The lowest BCUT2D eigenvalue weighted by atomic mass is 9.95. The van der Waals surface area contributed by atoms with Gasteiger partial charge in [-0.05, 0) is 43.7 Å². The van der Waals surface area contributed by atoms with E-state index in [-0.39, 0.29) is 46.2 Å². The van der Waals surface area contributed by atoms with Gasteiger partial charge in [0.05, 0.1) is 42.0 Å². The molecule has 3 rings (SSSR count). The standard InChI is InChI=1S/C22H22Cl2N2O5/c1-12(2)31-9-8-26-18(13-4-6-25-7-5-13)17(20(28)22(26)29)19(27)15-10-14(23)11-16(24)21(15)30-3/h4-7,10-12,18,27H,8-9H2,1-3H3/b19-17+. The van der Waals surface area contributed by atoms with Crippen molar-refractivity contribution in [2.75, 3.05) is 20.3 Å². The molecular formula is C22H22Cl2N2O5. The summed E-state index contributed by atoms with van der Waals surface area (Å²) < 4.78 is 10.9. The molecule has 1 saturated heterocycles. The molecule has 164 valence electrons. The molecule has 31 heavy (non-hydrogen) atoms. The van der Waals surface area contributed by atoms with Gasteiger partial charge in [-0.15, -0.1) is 0 Å². The van der Waals surface area contributed by atoms with Gasteiger partial charge in [-0.3, -0.25) is 14.6 Å². The van der Waals surface area contributed by atoms with Crippen molar-refractivity contribution in [3.8, 4) is 5.75 Å². The highest BCUT2D eigenvalue weighted by Crippen LogP contribution is 2.43. The largest absolute Gasteiger partial charge is 0.507 e. The van der Waals surface area contributed by atoms with Crippen molar-refractivity contribution in [1.82, 2.24) is 9.88 Å². The molecule has 1 aliphatic heterocycles. The molecule has 1 aromatic carbocycles. The number of aliphatic hydroxyl groups is 1. The fraction of sp³-hybridized carbons (Fsp3) is 0.318. The number of pyridine rings is 1. The van der Waals surface area contributed by atoms with Crippen LogP contribution >= 0.6 is 23.2 Å². The molecule has 1 atom stereocenters. The molecule has 1 aromatic heterocycles. The first-order valence-electron chi connectivity index (χ1n) is 9.59. The maximum absolute atomic E-state index is 13.0. The van der Waals surface area contributed by atoms with Gasteiger partial charge in [-0.1, -0.05) is 23.2 Å². The van der Waals surface area contributed by atoms with Gasteiger partial charge in [0.15, 0.2) is 0 Å². The number of benzene rings is 1. The van der Waals surface area contributed by atoms with Gasteiger partial charge in [-0.25, -0.2) is 0 Å². The second-order valence-electron chi connectivity index (χ2n) is 7.16. The van der Waals surface area contributed by atoms with Gasteiger partial charge >= 0.3 is 0 Å². The first-order valence-corrected chi connectivity index (χ1v) is 10.3. The molecule has 0 bridgehead atoms. The Morgan fingerprint density at radius 1 is 1.23 bits per heavy atom. The van der Waals surface area contributed by atoms with E-state index >= 15 is 0 Å².